The largest absolute Gasteiger partial charge is 0.370 e. The summed E-state index contributed by atoms with van der Waals surface area (Å²) in [5.41, 5.74) is 5.20. The lowest BCUT2D eigenvalue weighted by molar-refractivity contribution is -0.135. The van der Waals surface area contributed by atoms with Crippen molar-refractivity contribution in [1.82, 2.24) is 34.6 Å². The maximum Gasteiger partial charge on any atom is 0.270 e. The maximum absolute atomic E-state index is 13.9. The van der Waals surface area contributed by atoms with E-state index in [0.717, 1.165) is 112 Å². The molecule has 0 radical (unpaired) electrons. The molecule has 296 valence electrons. The summed E-state index contributed by atoms with van der Waals surface area (Å²) in [6.45, 7) is 3.89. The van der Waals surface area contributed by atoms with Gasteiger partial charge in [-0.05, 0) is 100 Å². The number of carbonyl (C=O) groups excluding carboxylic acids is 4. The number of imide groups is 1. The molecular formula is C43H50N10O4. The molecule has 10 rings (SSSR count). The number of likely N-dealkylation sites (tertiary alicyclic amines) is 1. The molecule has 4 aliphatic heterocycles. The van der Waals surface area contributed by atoms with Crippen LogP contribution in [0.3, 0.4) is 0 Å². The number of benzene rings is 1. The van der Waals surface area contributed by atoms with Crippen LogP contribution in [0.5, 0.6) is 0 Å². The molecular weight excluding hydrogens is 721 g/mol. The van der Waals surface area contributed by atoms with Crippen molar-refractivity contribution in [1.29, 1.82) is 0 Å². The lowest BCUT2D eigenvalue weighted by atomic mass is 9.90. The summed E-state index contributed by atoms with van der Waals surface area (Å²) in [4.78, 5) is 74.5. The highest BCUT2D eigenvalue weighted by Gasteiger charge is 2.62. The van der Waals surface area contributed by atoms with Gasteiger partial charge < -0.3 is 19.7 Å². The summed E-state index contributed by atoms with van der Waals surface area (Å²) in [5, 5.41) is 6.63. The monoisotopic (exact) mass is 770 g/mol. The Morgan fingerprint density at radius 2 is 1.68 bits per heavy atom. The van der Waals surface area contributed by atoms with Gasteiger partial charge in [0.2, 0.25) is 23.7 Å². The fourth-order valence-corrected chi connectivity index (χ4v) is 10.4. The van der Waals surface area contributed by atoms with Crippen molar-refractivity contribution in [2.24, 2.45) is 0 Å². The number of piperidine rings is 2. The average molecular weight is 771 g/mol. The van der Waals surface area contributed by atoms with Crippen molar-refractivity contribution in [2.45, 2.75) is 100 Å². The molecule has 2 aliphatic carbocycles. The molecule has 2 saturated carbocycles. The first kappa shape index (κ1) is 36.0. The normalized spacial score (nSPS) is 23.8. The van der Waals surface area contributed by atoms with Crippen LogP contribution in [0.2, 0.25) is 0 Å². The first-order valence-electron chi connectivity index (χ1n) is 20.8. The summed E-state index contributed by atoms with van der Waals surface area (Å²) < 4.78 is 2.13. The molecule has 6 aliphatic rings. The minimum Gasteiger partial charge on any atom is -0.370 e. The minimum absolute atomic E-state index is 0.0172. The van der Waals surface area contributed by atoms with Crippen molar-refractivity contribution in [2.75, 3.05) is 55.4 Å². The smallest absolute Gasteiger partial charge is 0.270 e. The number of carbonyl (C=O) groups is 4. The molecule has 1 aromatic carbocycles. The molecule has 3 aromatic heterocycles. The number of pyridine rings is 1. The third-order valence-electron chi connectivity index (χ3n) is 13.6. The standard InChI is InChI=1S/C43H50N10O4/c1-49(2)40(56)34-22-28-24-45-42(48-38(28)52(34)29-6-3-4-7-29)46-35-12-10-27(23-44-35)26-14-19-50(20-15-26)30-16-21-51(25-30)31-8-5-9-32-37(31)43(17-18-43)41(57)53(32)33-11-13-36(54)47-39(33)55/h5,8-10,12,22-24,26,29-30,33H,3-4,6-7,11,13-21,25H2,1-2H3,(H,47,54,55)(H,44,45,46,48)/t30-,33?/m1/s1. The zero-order valence-electron chi connectivity index (χ0n) is 32.7. The molecule has 3 saturated heterocycles. The number of nitrogens with zero attached hydrogens (tertiary/aromatic N) is 8. The number of aromatic nitrogens is 4. The second-order valence-corrected chi connectivity index (χ2v) is 17.2. The van der Waals surface area contributed by atoms with E-state index in [2.05, 4.69) is 42.1 Å². The van der Waals surface area contributed by atoms with Crippen LogP contribution in [0.1, 0.15) is 104 Å². The molecule has 57 heavy (non-hydrogen) atoms. The van der Waals surface area contributed by atoms with Crippen molar-refractivity contribution in [3.05, 3.63) is 65.6 Å². The van der Waals surface area contributed by atoms with Crippen LogP contribution in [-0.4, -0.2) is 105 Å². The van der Waals surface area contributed by atoms with Crippen molar-refractivity contribution in [3.8, 4) is 0 Å². The number of hydrogen-bond acceptors (Lipinski definition) is 10. The number of fused-ring (bicyclic) bond motifs is 3. The lowest BCUT2D eigenvalue weighted by Gasteiger charge is -2.36. The van der Waals surface area contributed by atoms with Gasteiger partial charge >= 0.3 is 0 Å². The highest BCUT2D eigenvalue weighted by atomic mass is 16.2. The van der Waals surface area contributed by atoms with E-state index in [9.17, 15) is 19.2 Å². The van der Waals surface area contributed by atoms with E-state index in [0.29, 0.717) is 35.8 Å². The van der Waals surface area contributed by atoms with E-state index in [1.54, 1.807) is 30.1 Å². The summed E-state index contributed by atoms with van der Waals surface area (Å²) in [5.74, 6) is 0.944. The van der Waals surface area contributed by atoms with E-state index in [-0.39, 0.29) is 36.1 Å². The van der Waals surface area contributed by atoms with E-state index in [4.69, 9.17) is 9.97 Å². The van der Waals surface area contributed by atoms with Gasteiger partial charge in [0, 0.05) is 74.7 Å². The Morgan fingerprint density at radius 3 is 2.40 bits per heavy atom. The Bertz CT molecular complexity index is 2270. The zero-order chi connectivity index (χ0) is 39.0. The highest BCUT2D eigenvalue weighted by Crippen LogP contribution is 2.61. The van der Waals surface area contributed by atoms with Gasteiger partial charge in [-0.2, -0.15) is 4.98 Å². The minimum atomic E-state index is -0.640. The third-order valence-corrected chi connectivity index (χ3v) is 13.6. The molecule has 2 atom stereocenters. The Morgan fingerprint density at radius 1 is 0.895 bits per heavy atom. The molecule has 1 spiro atoms. The Hall–Kier alpha value is -5.37. The Kier molecular flexibility index (Phi) is 8.80. The van der Waals surface area contributed by atoms with E-state index in [1.807, 2.05) is 30.5 Å². The number of nitrogens with one attached hydrogen (secondary N) is 2. The fourth-order valence-electron chi connectivity index (χ4n) is 10.4. The quantitative estimate of drug-likeness (QED) is 0.234. The highest BCUT2D eigenvalue weighted by molar-refractivity contribution is 6.16. The zero-order valence-corrected chi connectivity index (χ0v) is 32.7. The molecule has 4 amide bonds. The topological polar surface area (TPSA) is 149 Å². The molecule has 1 unspecified atom stereocenters. The number of anilines is 4. The number of rotatable bonds is 8. The van der Waals surface area contributed by atoms with Crippen LogP contribution >= 0.6 is 0 Å². The number of amides is 4. The summed E-state index contributed by atoms with van der Waals surface area (Å²) in [7, 11) is 3.57. The molecule has 2 N–H and O–H groups in total. The van der Waals surface area contributed by atoms with Crippen LogP contribution in [0.15, 0.2) is 48.8 Å². The first-order valence-corrected chi connectivity index (χ1v) is 20.8. The van der Waals surface area contributed by atoms with Gasteiger partial charge in [0.1, 0.15) is 23.2 Å². The first-order chi connectivity index (χ1) is 27.7. The predicted octanol–water partition coefficient (Wildman–Crippen LogP) is 5.03. The molecule has 0 bridgehead atoms. The van der Waals surface area contributed by atoms with Gasteiger partial charge in [-0.3, -0.25) is 34.3 Å². The second kappa shape index (κ2) is 13.9. The Labute approximate surface area is 332 Å². The van der Waals surface area contributed by atoms with Gasteiger partial charge in [0.15, 0.2) is 0 Å². The summed E-state index contributed by atoms with van der Waals surface area (Å²) in [6, 6.07) is 12.3. The summed E-state index contributed by atoms with van der Waals surface area (Å²) >= 11 is 0. The van der Waals surface area contributed by atoms with Crippen LogP contribution in [0.25, 0.3) is 11.0 Å². The van der Waals surface area contributed by atoms with E-state index in [1.165, 1.54) is 5.56 Å². The molecule has 14 nitrogen and oxygen atoms in total. The Balaban J connectivity index is 0.783. The van der Waals surface area contributed by atoms with Crippen LogP contribution in [0, 0.1) is 0 Å². The third kappa shape index (κ3) is 6.14. The number of hydrogen-bond donors (Lipinski definition) is 2. The van der Waals surface area contributed by atoms with Crippen LogP contribution < -0.4 is 20.4 Å². The lowest BCUT2D eigenvalue weighted by Crippen LogP contribution is -2.54. The van der Waals surface area contributed by atoms with Gasteiger partial charge in [0.05, 0.1) is 11.1 Å². The maximum atomic E-state index is 13.9. The SMILES string of the molecule is CN(C)C(=O)c1cc2cnc(Nc3ccc(C4CCN([C@@H]5CCN(c6cccc7c6C6(CC6)C(=O)N7C6CCC(=O)NC6=O)C5)CC4)cn3)nc2n1C1CCCC1. The second-order valence-electron chi connectivity index (χ2n) is 17.2. The molecule has 5 fully saturated rings. The fraction of sp³-hybridized carbons (Fsp3) is 0.512. The average Bonchev–Trinajstić information content (AvgIpc) is 3.56. The molecule has 4 aromatic rings. The van der Waals surface area contributed by atoms with Gasteiger partial charge in [0.25, 0.3) is 5.91 Å². The molecule has 14 heteroatoms. The van der Waals surface area contributed by atoms with Crippen molar-refractivity contribution < 1.29 is 19.2 Å². The summed E-state index contributed by atoms with van der Waals surface area (Å²) in [6.07, 6.45) is 13.6. The van der Waals surface area contributed by atoms with Crippen molar-refractivity contribution >= 4 is 57.8 Å². The van der Waals surface area contributed by atoms with Gasteiger partial charge in [-0.1, -0.05) is 25.0 Å². The van der Waals surface area contributed by atoms with Crippen molar-refractivity contribution in [3.63, 3.8) is 0 Å². The molecule has 7 heterocycles. The van der Waals surface area contributed by atoms with Crippen LogP contribution in [-0.2, 0) is 19.8 Å². The van der Waals surface area contributed by atoms with Gasteiger partial charge in [-0.25, -0.2) is 9.97 Å². The van der Waals surface area contributed by atoms with Gasteiger partial charge in [-0.15, -0.1) is 0 Å². The van der Waals surface area contributed by atoms with Crippen LogP contribution in [0.4, 0.5) is 23.1 Å². The van der Waals surface area contributed by atoms with E-state index < -0.39 is 11.5 Å². The predicted molar refractivity (Wildman–Crippen MR) is 216 cm³/mol. The van der Waals surface area contributed by atoms with E-state index >= 15 is 0 Å².